The largest absolute Gasteiger partial charge is 0.326 e. The van der Waals surface area contributed by atoms with E-state index in [1.165, 1.54) is 0 Å². The molecule has 0 atom stereocenters. The standard InChI is InChI=1S/C12H18IN3O/c1-15(2)7-8-16(3)12(17)14-11-6-4-5-10(13)9-11/h4-6,9H,7-8H2,1-3H3,(H,14,17). The van der Waals surface area contributed by atoms with E-state index in [2.05, 4.69) is 32.8 Å². The van der Waals surface area contributed by atoms with E-state index in [9.17, 15) is 4.79 Å². The molecule has 1 N–H and O–H groups in total. The van der Waals surface area contributed by atoms with Gasteiger partial charge in [-0.15, -0.1) is 0 Å². The number of rotatable bonds is 4. The molecule has 0 aliphatic carbocycles. The molecule has 0 saturated heterocycles. The normalized spacial score (nSPS) is 10.4. The summed E-state index contributed by atoms with van der Waals surface area (Å²) in [4.78, 5) is 15.6. The van der Waals surface area contributed by atoms with Crippen LogP contribution >= 0.6 is 22.6 Å². The Labute approximate surface area is 116 Å². The first kappa shape index (κ1) is 14.2. The highest BCUT2D eigenvalue weighted by atomic mass is 127. The highest BCUT2D eigenvalue weighted by Crippen LogP contribution is 2.12. The summed E-state index contributed by atoms with van der Waals surface area (Å²) in [6.07, 6.45) is 0. The Morgan fingerprint density at radius 1 is 1.29 bits per heavy atom. The van der Waals surface area contributed by atoms with Crippen LogP contribution in [0.1, 0.15) is 0 Å². The predicted molar refractivity (Wildman–Crippen MR) is 79.4 cm³/mol. The Morgan fingerprint density at radius 2 is 2.00 bits per heavy atom. The van der Waals surface area contributed by atoms with E-state index in [1.54, 1.807) is 11.9 Å². The molecule has 1 aromatic rings. The van der Waals surface area contributed by atoms with Crippen LogP contribution in [-0.2, 0) is 0 Å². The fourth-order valence-corrected chi connectivity index (χ4v) is 1.78. The molecule has 0 heterocycles. The van der Waals surface area contributed by atoms with Crippen LogP contribution in [-0.4, -0.2) is 50.1 Å². The van der Waals surface area contributed by atoms with Crippen molar-refractivity contribution < 1.29 is 4.79 Å². The van der Waals surface area contributed by atoms with Gasteiger partial charge < -0.3 is 15.1 Å². The van der Waals surface area contributed by atoms with E-state index in [-0.39, 0.29) is 6.03 Å². The van der Waals surface area contributed by atoms with Crippen LogP contribution in [0.15, 0.2) is 24.3 Å². The molecule has 0 bridgehead atoms. The monoisotopic (exact) mass is 347 g/mol. The summed E-state index contributed by atoms with van der Waals surface area (Å²) in [5.74, 6) is 0. The van der Waals surface area contributed by atoms with Crippen molar-refractivity contribution in [2.45, 2.75) is 0 Å². The molecular weight excluding hydrogens is 329 g/mol. The van der Waals surface area contributed by atoms with Gasteiger partial charge in [-0.3, -0.25) is 0 Å². The Morgan fingerprint density at radius 3 is 2.59 bits per heavy atom. The molecular formula is C12H18IN3O. The van der Waals surface area contributed by atoms with Gasteiger partial charge in [0.15, 0.2) is 0 Å². The number of urea groups is 1. The molecule has 2 amide bonds. The van der Waals surface area contributed by atoms with Gasteiger partial charge in [0.1, 0.15) is 0 Å². The molecule has 1 aromatic carbocycles. The average molecular weight is 347 g/mol. The minimum atomic E-state index is -0.0751. The maximum atomic E-state index is 11.8. The van der Waals surface area contributed by atoms with E-state index in [1.807, 2.05) is 38.4 Å². The van der Waals surface area contributed by atoms with Gasteiger partial charge in [-0.05, 0) is 54.9 Å². The third kappa shape index (κ3) is 5.36. The predicted octanol–water partition coefficient (Wildman–Crippen LogP) is 2.32. The number of carbonyl (C=O) groups excluding carboxylic acids is 1. The SMILES string of the molecule is CN(C)CCN(C)C(=O)Nc1cccc(I)c1. The van der Waals surface area contributed by atoms with Gasteiger partial charge in [-0.1, -0.05) is 6.07 Å². The maximum Gasteiger partial charge on any atom is 0.321 e. The number of hydrogen-bond acceptors (Lipinski definition) is 2. The number of likely N-dealkylation sites (N-methyl/N-ethyl adjacent to an activating group) is 2. The van der Waals surface area contributed by atoms with E-state index in [0.717, 1.165) is 15.8 Å². The first-order valence-corrected chi connectivity index (χ1v) is 6.49. The number of nitrogens with zero attached hydrogens (tertiary/aromatic N) is 2. The molecule has 0 aliphatic heterocycles. The fraction of sp³-hybridized carbons (Fsp3) is 0.417. The lowest BCUT2D eigenvalue weighted by Gasteiger charge is -2.20. The van der Waals surface area contributed by atoms with Crippen LogP contribution in [0.25, 0.3) is 0 Å². The van der Waals surface area contributed by atoms with E-state index in [4.69, 9.17) is 0 Å². The smallest absolute Gasteiger partial charge is 0.321 e. The highest BCUT2D eigenvalue weighted by Gasteiger charge is 2.08. The van der Waals surface area contributed by atoms with E-state index in [0.29, 0.717) is 6.54 Å². The van der Waals surface area contributed by atoms with E-state index >= 15 is 0 Å². The maximum absolute atomic E-state index is 11.8. The van der Waals surface area contributed by atoms with Crippen LogP contribution in [0, 0.1) is 3.57 Å². The molecule has 0 unspecified atom stereocenters. The van der Waals surface area contributed by atoms with Crippen LogP contribution < -0.4 is 5.32 Å². The van der Waals surface area contributed by atoms with Gasteiger partial charge in [0.25, 0.3) is 0 Å². The zero-order valence-electron chi connectivity index (χ0n) is 10.4. The van der Waals surface area contributed by atoms with Crippen molar-refractivity contribution in [2.75, 3.05) is 39.5 Å². The third-order valence-corrected chi connectivity index (χ3v) is 2.98. The van der Waals surface area contributed by atoms with Gasteiger partial charge >= 0.3 is 6.03 Å². The number of carbonyl (C=O) groups is 1. The molecule has 0 saturated carbocycles. The molecule has 1 rings (SSSR count). The Kier molecular flexibility index (Phi) is 5.70. The summed E-state index contributed by atoms with van der Waals surface area (Å²) in [5, 5.41) is 2.87. The van der Waals surface area contributed by atoms with E-state index < -0.39 is 0 Å². The zero-order chi connectivity index (χ0) is 12.8. The average Bonchev–Trinajstić information content (AvgIpc) is 2.25. The van der Waals surface area contributed by atoms with Crippen LogP contribution in [0.2, 0.25) is 0 Å². The fourth-order valence-electron chi connectivity index (χ4n) is 1.24. The molecule has 0 aromatic heterocycles. The van der Waals surface area contributed by atoms with Crippen molar-refractivity contribution in [3.63, 3.8) is 0 Å². The molecule has 4 nitrogen and oxygen atoms in total. The van der Waals surface area contributed by atoms with Crippen molar-refractivity contribution in [1.29, 1.82) is 0 Å². The van der Waals surface area contributed by atoms with Gasteiger partial charge in [0, 0.05) is 29.4 Å². The first-order chi connectivity index (χ1) is 7.99. The van der Waals surface area contributed by atoms with Crippen molar-refractivity contribution >= 4 is 34.3 Å². The zero-order valence-corrected chi connectivity index (χ0v) is 12.6. The van der Waals surface area contributed by atoms with Crippen molar-refractivity contribution in [3.8, 4) is 0 Å². The molecule has 0 spiro atoms. The van der Waals surface area contributed by atoms with Crippen LogP contribution in [0.3, 0.4) is 0 Å². The lowest BCUT2D eigenvalue weighted by atomic mass is 10.3. The molecule has 0 radical (unpaired) electrons. The number of amides is 2. The van der Waals surface area contributed by atoms with Gasteiger partial charge in [0.2, 0.25) is 0 Å². The third-order valence-electron chi connectivity index (χ3n) is 2.31. The number of benzene rings is 1. The Hall–Kier alpha value is -0.820. The Bertz CT molecular complexity index is 382. The van der Waals surface area contributed by atoms with Gasteiger partial charge in [0.05, 0.1) is 0 Å². The number of anilines is 1. The summed E-state index contributed by atoms with van der Waals surface area (Å²) in [6.45, 7) is 1.57. The molecule has 17 heavy (non-hydrogen) atoms. The molecule has 0 fully saturated rings. The minimum absolute atomic E-state index is 0.0751. The molecule has 0 aliphatic rings. The Balaban J connectivity index is 2.48. The molecule has 94 valence electrons. The van der Waals surface area contributed by atoms with Crippen LogP contribution in [0.4, 0.5) is 10.5 Å². The van der Waals surface area contributed by atoms with Crippen molar-refractivity contribution in [3.05, 3.63) is 27.8 Å². The van der Waals surface area contributed by atoms with Gasteiger partial charge in [-0.25, -0.2) is 4.79 Å². The quantitative estimate of drug-likeness (QED) is 0.849. The highest BCUT2D eigenvalue weighted by molar-refractivity contribution is 14.1. The lowest BCUT2D eigenvalue weighted by molar-refractivity contribution is 0.217. The second kappa shape index (κ2) is 6.80. The van der Waals surface area contributed by atoms with Crippen molar-refractivity contribution in [1.82, 2.24) is 9.80 Å². The summed E-state index contributed by atoms with van der Waals surface area (Å²) in [5.41, 5.74) is 0.832. The van der Waals surface area contributed by atoms with Crippen LogP contribution in [0.5, 0.6) is 0 Å². The van der Waals surface area contributed by atoms with Crippen molar-refractivity contribution in [2.24, 2.45) is 0 Å². The van der Waals surface area contributed by atoms with Gasteiger partial charge in [-0.2, -0.15) is 0 Å². The summed E-state index contributed by atoms with van der Waals surface area (Å²) < 4.78 is 1.11. The lowest BCUT2D eigenvalue weighted by Crippen LogP contribution is -2.36. The second-order valence-electron chi connectivity index (χ2n) is 4.17. The first-order valence-electron chi connectivity index (χ1n) is 5.41. The summed E-state index contributed by atoms with van der Waals surface area (Å²) in [7, 11) is 5.78. The summed E-state index contributed by atoms with van der Waals surface area (Å²) >= 11 is 2.22. The number of halogens is 1. The summed E-state index contributed by atoms with van der Waals surface area (Å²) in [6, 6.07) is 7.68. The molecule has 5 heteroatoms. The topological polar surface area (TPSA) is 35.6 Å². The number of nitrogens with one attached hydrogen (secondary N) is 1. The minimum Gasteiger partial charge on any atom is -0.326 e. The second-order valence-corrected chi connectivity index (χ2v) is 5.41. The number of hydrogen-bond donors (Lipinski definition) is 1.